The summed E-state index contributed by atoms with van der Waals surface area (Å²) >= 11 is 11.8. The van der Waals surface area contributed by atoms with Crippen molar-refractivity contribution < 1.29 is 19.1 Å². The van der Waals surface area contributed by atoms with E-state index in [-0.39, 0.29) is 18.9 Å². The van der Waals surface area contributed by atoms with Gasteiger partial charge in [-0.3, -0.25) is 9.59 Å². The van der Waals surface area contributed by atoms with Crippen molar-refractivity contribution in [3.05, 3.63) is 63.6 Å². The Labute approximate surface area is 162 Å². The second-order valence-corrected chi connectivity index (χ2v) is 6.46. The van der Waals surface area contributed by atoms with Crippen molar-refractivity contribution in [3.8, 4) is 5.75 Å². The quantitative estimate of drug-likeness (QED) is 0.669. The minimum absolute atomic E-state index is 0.0355. The van der Waals surface area contributed by atoms with E-state index in [2.05, 4.69) is 0 Å². The van der Waals surface area contributed by atoms with Gasteiger partial charge in [-0.15, -0.1) is 0 Å². The van der Waals surface area contributed by atoms with Crippen molar-refractivity contribution in [2.45, 2.75) is 13.0 Å². The molecule has 0 heterocycles. The molecule has 0 saturated heterocycles. The molecule has 0 atom stereocenters. The number of amides is 1. The lowest BCUT2D eigenvalue weighted by atomic mass is 10.1. The minimum atomic E-state index is -0.495. The third kappa shape index (κ3) is 5.64. The van der Waals surface area contributed by atoms with Crippen molar-refractivity contribution >= 4 is 35.1 Å². The molecule has 0 radical (unpaired) electrons. The van der Waals surface area contributed by atoms with Crippen LogP contribution >= 0.6 is 23.2 Å². The van der Waals surface area contributed by atoms with E-state index in [0.29, 0.717) is 27.9 Å². The molecule has 1 amide bonds. The van der Waals surface area contributed by atoms with Gasteiger partial charge in [-0.05, 0) is 23.8 Å². The zero-order valence-corrected chi connectivity index (χ0v) is 16.0. The normalized spacial score (nSPS) is 10.3. The number of ether oxygens (including phenoxy) is 2. The third-order valence-electron chi connectivity index (χ3n) is 3.71. The summed E-state index contributed by atoms with van der Waals surface area (Å²) in [6.45, 7) is 0.00554. The number of methoxy groups -OCH3 is 1. The predicted octanol–water partition coefficient (Wildman–Crippen LogP) is 3.75. The highest BCUT2D eigenvalue weighted by Crippen LogP contribution is 2.23. The largest absolute Gasteiger partial charge is 0.496 e. The molecule has 0 aromatic heterocycles. The number of hydrogen-bond acceptors (Lipinski definition) is 4. The van der Waals surface area contributed by atoms with Crippen LogP contribution in [-0.2, 0) is 27.3 Å². The predicted molar refractivity (Wildman–Crippen MR) is 101 cm³/mol. The van der Waals surface area contributed by atoms with Crippen LogP contribution in [0.2, 0.25) is 10.0 Å². The van der Waals surface area contributed by atoms with Crippen molar-refractivity contribution in [1.82, 2.24) is 4.90 Å². The van der Waals surface area contributed by atoms with Crippen LogP contribution in [0.3, 0.4) is 0 Å². The average molecular weight is 396 g/mol. The Kier molecular flexibility index (Phi) is 7.30. The Balaban J connectivity index is 1.85. The smallest absolute Gasteiger partial charge is 0.310 e. The molecule has 0 unspecified atom stereocenters. The lowest BCUT2D eigenvalue weighted by molar-refractivity contribution is -0.151. The van der Waals surface area contributed by atoms with E-state index < -0.39 is 5.97 Å². The van der Waals surface area contributed by atoms with E-state index in [1.54, 1.807) is 43.4 Å². The van der Waals surface area contributed by atoms with Gasteiger partial charge in [0.2, 0.25) is 0 Å². The Morgan fingerprint density at radius 1 is 1.08 bits per heavy atom. The molecule has 2 aromatic rings. The highest BCUT2D eigenvalue weighted by molar-refractivity contribution is 6.42. The summed E-state index contributed by atoms with van der Waals surface area (Å²) in [4.78, 5) is 25.6. The maximum Gasteiger partial charge on any atom is 0.310 e. The maximum absolute atomic E-state index is 12.1. The van der Waals surface area contributed by atoms with Gasteiger partial charge in [-0.25, -0.2) is 0 Å². The van der Waals surface area contributed by atoms with Crippen LogP contribution in [0.1, 0.15) is 11.1 Å². The summed E-state index contributed by atoms with van der Waals surface area (Å²) in [5.74, 6) is -0.206. The van der Waals surface area contributed by atoms with Crippen molar-refractivity contribution in [2.75, 3.05) is 20.8 Å². The van der Waals surface area contributed by atoms with Gasteiger partial charge in [0.05, 0.1) is 23.6 Å². The molecular weight excluding hydrogens is 377 g/mol. The molecule has 0 bridgehead atoms. The van der Waals surface area contributed by atoms with Gasteiger partial charge in [0, 0.05) is 19.2 Å². The van der Waals surface area contributed by atoms with Crippen LogP contribution in [0.4, 0.5) is 0 Å². The van der Waals surface area contributed by atoms with Crippen LogP contribution < -0.4 is 4.74 Å². The molecule has 0 aliphatic carbocycles. The summed E-state index contributed by atoms with van der Waals surface area (Å²) < 4.78 is 10.3. The number of likely N-dealkylation sites (N-methyl/N-ethyl adjacent to an activating group) is 1. The van der Waals surface area contributed by atoms with Gasteiger partial charge in [-0.1, -0.05) is 47.5 Å². The van der Waals surface area contributed by atoms with Crippen molar-refractivity contribution in [2.24, 2.45) is 0 Å². The molecule has 5 nitrogen and oxygen atoms in total. The van der Waals surface area contributed by atoms with Crippen LogP contribution in [0.5, 0.6) is 5.75 Å². The number of rotatable bonds is 7. The molecule has 7 heteroatoms. The Bertz CT molecular complexity index is 795. The van der Waals surface area contributed by atoms with E-state index in [1.165, 1.54) is 12.0 Å². The molecule has 2 rings (SSSR count). The molecule has 0 fully saturated rings. The zero-order valence-electron chi connectivity index (χ0n) is 14.5. The fraction of sp³-hybridized carbons (Fsp3) is 0.263. The second kappa shape index (κ2) is 9.46. The molecule has 138 valence electrons. The first kappa shape index (κ1) is 20.1. The number of esters is 1. The monoisotopic (exact) mass is 395 g/mol. The van der Waals surface area contributed by atoms with Gasteiger partial charge in [0.25, 0.3) is 5.91 Å². The van der Waals surface area contributed by atoms with Gasteiger partial charge in [-0.2, -0.15) is 0 Å². The SMILES string of the molecule is COc1ccccc1CC(=O)OCC(=O)N(C)Cc1ccc(Cl)c(Cl)c1. The Morgan fingerprint density at radius 2 is 1.81 bits per heavy atom. The van der Waals surface area contributed by atoms with Gasteiger partial charge >= 0.3 is 5.97 Å². The molecule has 0 saturated carbocycles. The topological polar surface area (TPSA) is 55.8 Å². The zero-order chi connectivity index (χ0) is 19.1. The lowest BCUT2D eigenvalue weighted by Crippen LogP contribution is -2.31. The maximum atomic E-state index is 12.1. The van der Waals surface area contributed by atoms with Crippen molar-refractivity contribution in [3.63, 3.8) is 0 Å². The number of hydrogen-bond donors (Lipinski definition) is 0. The fourth-order valence-electron chi connectivity index (χ4n) is 2.31. The van der Waals surface area contributed by atoms with Gasteiger partial charge < -0.3 is 14.4 Å². The van der Waals surface area contributed by atoms with Crippen LogP contribution in [0.15, 0.2) is 42.5 Å². The summed E-state index contributed by atoms with van der Waals surface area (Å²) in [5.41, 5.74) is 1.53. The summed E-state index contributed by atoms with van der Waals surface area (Å²) in [6, 6.07) is 12.3. The summed E-state index contributed by atoms with van der Waals surface area (Å²) in [6.07, 6.45) is 0.0355. The standard InChI is InChI=1S/C19H19Cl2NO4/c1-22(11-13-7-8-15(20)16(21)9-13)18(23)12-26-19(24)10-14-5-3-4-6-17(14)25-2/h3-9H,10-12H2,1-2H3. The molecule has 0 aliphatic rings. The molecule has 0 aliphatic heterocycles. The minimum Gasteiger partial charge on any atom is -0.496 e. The number of benzene rings is 2. The fourth-order valence-corrected chi connectivity index (χ4v) is 2.63. The first-order valence-electron chi connectivity index (χ1n) is 7.86. The highest BCUT2D eigenvalue weighted by Gasteiger charge is 2.15. The van der Waals surface area contributed by atoms with Gasteiger partial charge in [0.1, 0.15) is 5.75 Å². The first-order valence-corrected chi connectivity index (χ1v) is 8.61. The van der Waals surface area contributed by atoms with E-state index in [0.717, 1.165) is 5.56 Å². The third-order valence-corrected chi connectivity index (χ3v) is 4.45. The molecule has 0 N–H and O–H groups in total. The number of nitrogens with zero attached hydrogens (tertiary/aromatic N) is 1. The van der Waals surface area contributed by atoms with E-state index in [1.807, 2.05) is 6.07 Å². The summed E-state index contributed by atoms with van der Waals surface area (Å²) in [7, 11) is 3.16. The molecule has 0 spiro atoms. The molecule has 26 heavy (non-hydrogen) atoms. The number of carbonyl (C=O) groups is 2. The molecule has 2 aromatic carbocycles. The van der Waals surface area contributed by atoms with Crippen LogP contribution in [-0.4, -0.2) is 37.5 Å². The van der Waals surface area contributed by atoms with E-state index in [9.17, 15) is 9.59 Å². The first-order chi connectivity index (χ1) is 12.4. The number of halogens is 2. The number of carbonyl (C=O) groups excluding carboxylic acids is 2. The van der Waals surface area contributed by atoms with Crippen LogP contribution in [0, 0.1) is 0 Å². The Morgan fingerprint density at radius 3 is 2.50 bits per heavy atom. The number of para-hydroxylation sites is 1. The second-order valence-electron chi connectivity index (χ2n) is 5.65. The highest BCUT2D eigenvalue weighted by atomic mass is 35.5. The van der Waals surface area contributed by atoms with E-state index in [4.69, 9.17) is 32.7 Å². The average Bonchev–Trinajstić information content (AvgIpc) is 2.63. The lowest BCUT2D eigenvalue weighted by Gasteiger charge is -2.17. The summed E-state index contributed by atoms with van der Waals surface area (Å²) in [5, 5.41) is 0.878. The Hall–Kier alpha value is -2.24. The molecular formula is C19H19Cl2NO4. The van der Waals surface area contributed by atoms with Crippen molar-refractivity contribution in [1.29, 1.82) is 0 Å². The van der Waals surface area contributed by atoms with E-state index >= 15 is 0 Å². The van der Waals surface area contributed by atoms with Gasteiger partial charge in [0.15, 0.2) is 6.61 Å². The van der Waals surface area contributed by atoms with Crippen LogP contribution in [0.25, 0.3) is 0 Å².